The molecule has 2 amide bonds. The standard InChI is InChI=1S/C10H10ClF3N2O/c1-2-15-9(17)16-8-4-6(10(12,13)14)3-7(11)5-8/h3-5H,2H2,1H3,(H2,15,16,17). The van der Waals surface area contributed by atoms with Crippen molar-refractivity contribution in [2.45, 2.75) is 13.1 Å². The van der Waals surface area contributed by atoms with E-state index < -0.39 is 17.8 Å². The Hall–Kier alpha value is -1.43. The van der Waals surface area contributed by atoms with Gasteiger partial charge in [-0.25, -0.2) is 4.79 Å². The Morgan fingerprint density at radius 3 is 2.53 bits per heavy atom. The van der Waals surface area contributed by atoms with Gasteiger partial charge in [-0.15, -0.1) is 0 Å². The van der Waals surface area contributed by atoms with E-state index in [0.717, 1.165) is 12.1 Å². The summed E-state index contributed by atoms with van der Waals surface area (Å²) >= 11 is 5.54. The lowest BCUT2D eigenvalue weighted by molar-refractivity contribution is -0.137. The molecule has 3 nitrogen and oxygen atoms in total. The molecule has 1 aromatic rings. The first-order chi connectivity index (χ1) is 7.82. The second kappa shape index (κ2) is 5.27. The van der Waals surface area contributed by atoms with E-state index in [2.05, 4.69) is 10.6 Å². The van der Waals surface area contributed by atoms with Crippen molar-refractivity contribution >= 4 is 23.3 Å². The molecule has 0 heterocycles. The van der Waals surface area contributed by atoms with E-state index in [9.17, 15) is 18.0 Å². The largest absolute Gasteiger partial charge is 0.416 e. The van der Waals surface area contributed by atoms with Crippen LogP contribution in [0.5, 0.6) is 0 Å². The van der Waals surface area contributed by atoms with Crippen LogP contribution in [-0.2, 0) is 6.18 Å². The predicted octanol–water partition coefficient (Wildman–Crippen LogP) is 3.50. The Bertz CT molecular complexity index is 421. The van der Waals surface area contributed by atoms with Crippen molar-refractivity contribution in [3.63, 3.8) is 0 Å². The van der Waals surface area contributed by atoms with Crippen molar-refractivity contribution in [2.24, 2.45) is 0 Å². The van der Waals surface area contributed by atoms with Crippen LogP contribution in [0.2, 0.25) is 5.02 Å². The third kappa shape index (κ3) is 4.14. The topological polar surface area (TPSA) is 41.1 Å². The van der Waals surface area contributed by atoms with Crippen molar-refractivity contribution in [1.29, 1.82) is 0 Å². The van der Waals surface area contributed by atoms with Crippen LogP contribution in [0.4, 0.5) is 23.7 Å². The molecule has 0 aliphatic heterocycles. The fourth-order valence-corrected chi connectivity index (χ4v) is 1.40. The highest BCUT2D eigenvalue weighted by molar-refractivity contribution is 6.31. The van der Waals surface area contributed by atoms with Crippen LogP contribution < -0.4 is 10.6 Å². The van der Waals surface area contributed by atoms with Crippen LogP contribution in [0, 0.1) is 0 Å². The highest BCUT2D eigenvalue weighted by Gasteiger charge is 2.31. The first-order valence-corrected chi connectivity index (χ1v) is 5.13. The number of hydrogen-bond donors (Lipinski definition) is 2. The molecule has 0 bridgehead atoms. The minimum atomic E-state index is -4.50. The Morgan fingerprint density at radius 2 is 2.00 bits per heavy atom. The second-order valence-electron chi connectivity index (χ2n) is 3.21. The maximum atomic E-state index is 12.4. The van der Waals surface area contributed by atoms with Gasteiger partial charge in [0.15, 0.2) is 0 Å². The molecule has 1 rings (SSSR count). The number of carbonyl (C=O) groups excluding carboxylic acids is 1. The summed E-state index contributed by atoms with van der Waals surface area (Å²) in [6, 6.07) is 2.28. The van der Waals surface area contributed by atoms with Gasteiger partial charge in [0.25, 0.3) is 0 Å². The minimum absolute atomic E-state index is 0.00391. The maximum absolute atomic E-state index is 12.4. The molecule has 0 saturated carbocycles. The molecule has 0 radical (unpaired) electrons. The molecule has 0 fully saturated rings. The lowest BCUT2D eigenvalue weighted by Gasteiger charge is -2.11. The third-order valence-corrected chi connectivity index (χ3v) is 2.04. The molecule has 0 aromatic heterocycles. The van der Waals surface area contributed by atoms with E-state index in [1.165, 1.54) is 6.07 Å². The van der Waals surface area contributed by atoms with Crippen molar-refractivity contribution in [2.75, 3.05) is 11.9 Å². The summed E-state index contributed by atoms with van der Waals surface area (Å²) in [7, 11) is 0. The van der Waals surface area contributed by atoms with Gasteiger partial charge in [0.05, 0.1) is 5.56 Å². The summed E-state index contributed by atoms with van der Waals surface area (Å²) in [5.41, 5.74) is -0.910. The Balaban J connectivity index is 2.94. The van der Waals surface area contributed by atoms with E-state index >= 15 is 0 Å². The van der Waals surface area contributed by atoms with E-state index in [0.29, 0.717) is 6.54 Å². The Labute approximate surface area is 101 Å². The number of hydrogen-bond acceptors (Lipinski definition) is 1. The predicted molar refractivity (Wildman–Crippen MR) is 59.1 cm³/mol. The number of rotatable bonds is 2. The minimum Gasteiger partial charge on any atom is -0.338 e. The van der Waals surface area contributed by atoms with Crippen molar-refractivity contribution in [1.82, 2.24) is 5.32 Å². The molecule has 17 heavy (non-hydrogen) atoms. The van der Waals surface area contributed by atoms with Crippen LogP contribution >= 0.6 is 11.6 Å². The second-order valence-corrected chi connectivity index (χ2v) is 3.65. The highest BCUT2D eigenvalue weighted by Crippen LogP contribution is 2.33. The summed E-state index contributed by atoms with van der Waals surface area (Å²) in [6.07, 6.45) is -4.50. The van der Waals surface area contributed by atoms with Crippen LogP contribution in [0.15, 0.2) is 18.2 Å². The molecule has 0 atom stereocenters. The van der Waals surface area contributed by atoms with Crippen LogP contribution in [-0.4, -0.2) is 12.6 Å². The van der Waals surface area contributed by atoms with Crippen molar-refractivity contribution in [3.8, 4) is 0 Å². The Morgan fingerprint density at radius 1 is 1.35 bits per heavy atom. The number of urea groups is 1. The van der Waals surface area contributed by atoms with Gasteiger partial charge in [-0.05, 0) is 25.1 Å². The molecule has 1 aromatic carbocycles. The lowest BCUT2D eigenvalue weighted by atomic mass is 10.2. The molecule has 0 aliphatic carbocycles. The number of anilines is 1. The number of carbonyl (C=O) groups is 1. The number of nitrogens with one attached hydrogen (secondary N) is 2. The van der Waals surface area contributed by atoms with Crippen LogP contribution in [0.3, 0.4) is 0 Å². The third-order valence-electron chi connectivity index (χ3n) is 1.82. The Kier molecular flexibility index (Phi) is 4.22. The number of benzene rings is 1. The molecule has 0 unspecified atom stereocenters. The normalized spacial score (nSPS) is 11.1. The van der Waals surface area contributed by atoms with Crippen LogP contribution in [0.25, 0.3) is 0 Å². The van der Waals surface area contributed by atoms with Gasteiger partial charge >= 0.3 is 12.2 Å². The number of halogens is 4. The van der Waals surface area contributed by atoms with Crippen molar-refractivity contribution in [3.05, 3.63) is 28.8 Å². The number of amides is 2. The van der Waals surface area contributed by atoms with E-state index in [1.54, 1.807) is 6.92 Å². The molecule has 0 aliphatic rings. The zero-order valence-electron chi connectivity index (χ0n) is 8.86. The average molecular weight is 267 g/mol. The monoisotopic (exact) mass is 266 g/mol. The van der Waals surface area contributed by atoms with Crippen LogP contribution in [0.1, 0.15) is 12.5 Å². The fourth-order valence-electron chi connectivity index (χ4n) is 1.16. The molecular formula is C10H10ClF3N2O. The molecular weight excluding hydrogens is 257 g/mol. The lowest BCUT2D eigenvalue weighted by Crippen LogP contribution is -2.28. The molecule has 0 spiro atoms. The average Bonchev–Trinajstić information content (AvgIpc) is 2.15. The summed E-state index contributed by atoms with van der Waals surface area (Å²) in [5, 5.41) is 4.57. The smallest absolute Gasteiger partial charge is 0.338 e. The van der Waals surface area contributed by atoms with Gasteiger partial charge in [-0.2, -0.15) is 13.2 Å². The zero-order valence-corrected chi connectivity index (χ0v) is 9.62. The maximum Gasteiger partial charge on any atom is 0.416 e. The quantitative estimate of drug-likeness (QED) is 0.845. The van der Waals surface area contributed by atoms with Crippen molar-refractivity contribution < 1.29 is 18.0 Å². The first-order valence-electron chi connectivity index (χ1n) is 4.75. The van der Waals surface area contributed by atoms with Gasteiger partial charge < -0.3 is 10.6 Å². The molecule has 0 saturated heterocycles. The molecule has 94 valence electrons. The first kappa shape index (κ1) is 13.6. The SMILES string of the molecule is CCNC(=O)Nc1cc(Cl)cc(C(F)(F)F)c1. The van der Waals surface area contributed by atoms with Gasteiger partial charge in [0, 0.05) is 17.3 Å². The summed E-state index contributed by atoms with van der Waals surface area (Å²) in [6.45, 7) is 2.07. The fraction of sp³-hybridized carbons (Fsp3) is 0.300. The van der Waals surface area contributed by atoms with E-state index in [1.807, 2.05) is 0 Å². The summed E-state index contributed by atoms with van der Waals surface area (Å²) in [4.78, 5) is 11.1. The zero-order chi connectivity index (χ0) is 13.1. The summed E-state index contributed by atoms with van der Waals surface area (Å²) in [5.74, 6) is 0. The molecule has 2 N–H and O–H groups in total. The number of alkyl halides is 3. The van der Waals surface area contributed by atoms with E-state index in [-0.39, 0.29) is 10.7 Å². The summed E-state index contributed by atoms with van der Waals surface area (Å²) < 4.78 is 37.3. The molecule has 7 heteroatoms. The van der Waals surface area contributed by atoms with E-state index in [4.69, 9.17) is 11.6 Å². The van der Waals surface area contributed by atoms with Gasteiger partial charge in [-0.1, -0.05) is 11.6 Å². The highest BCUT2D eigenvalue weighted by atomic mass is 35.5. The van der Waals surface area contributed by atoms with Gasteiger partial charge in [-0.3, -0.25) is 0 Å². The van der Waals surface area contributed by atoms with Gasteiger partial charge in [0.2, 0.25) is 0 Å². The van der Waals surface area contributed by atoms with Gasteiger partial charge in [0.1, 0.15) is 0 Å².